The fourth-order valence-electron chi connectivity index (χ4n) is 2.54. The van der Waals surface area contributed by atoms with Gasteiger partial charge in [-0.25, -0.2) is 18.4 Å². The van der Waals surface area contributed by atoms with Gasteiger partial charge in [0.2, 0.25) is 10.0 Å². The molecular formula is C20H19N3O6S. The Balaban J connectivity index is 1.55. The highest BCUT2D eigenvalue weighted by Gasteiger charge is 2.15. The molecule has 156 valence electrons. The van der Waals surface area contributed by atoms with E-state index in [2.05, 4.69) is 10.6 Å². The molecule has 0 saturated heterocycles. The van der Waals surface area contributed by atoms with Gasteiger partial charge < -0.3 is 19.8 Å². The average Bonchev–Trinajstić information content (AvgIpc) is 3.24. The number of primary sulfonamides is 1. The van der Waals surface area contributed by atoms with Gasteiger partial charge in [0.1, 0.15) is 5.76 Å². The van der Waals surface area contributed by atoms with E-state index in [1.54, 1.807) is 42.7 Å². The van der Waals surface area contributed by atoms with E-state index in [-0.39, 0.29) is 10.5 Å². The van der Waals surface area contributed by atoms with Crippen molar-refractivity contribution in [2.75, 3.05) is 17.2 Å². The summed E-state index contributed by atoms with van der Waals surface area (Å²) in [6.45, 7) is -0.130. The molecule has 0 bridgehead atoms. The Labute approximate surface area is 172 Å². The van der Waals surface area contributed by atoms with Crippen molar-refractivity contribution in [3.8, 4) is 0 Å². The number of anilines is 2. The second-order valence-electron chi connectivity index (χ2n) is 6.17. The first-order valence-corrected chi connectivity index (χ1v) is 10.3. The highest BCUT2D eigenvalue weighted by atomic mass is 32.2. The molecule has 0 spiro atoms. The quantitative estimate of drug-likeness (QED) is 0.467. The van der Waals surface area contributed by atoms with Crippen LogP contribution in [0.3, 0.4) is 0 Å². The van der Waals surface area contributed by atoms with E-state index < -0.39 is 28.5 Å². The second-order valence-corrected chi connectivity index (χ2v) is 7.73. The summed E-state index contributed by atoms with van der Waals surface area (Å²) in [5, 5.41) is 10.6. The van der Waals surface area contributed by atoms with Crippen LogP contribution in [0, 0.1) is 0 Å². The zero-order chi connectivity index (χ0) is 21.6. The SMILES string of the molecule is NS(=O)(=O)c1ccc(NC(=O)COC(=O)c2ccccc2NCc2ccco2)cc1. The number of ether oxygens (including phenoxy) is 1. The van der Waals surface area contributed by atoms with Crippen molar-refractivity contribution in [3.63, 3.8) is 0 Å². The van der Waals surface area contributed by atoms with Crippen LogP contribution in [0.2, 0.25) is 0 Å². The third-order valence-corrected chi connectivity index (χ3v) is 4.91. The molecule has 30 heavy (non-hydrogen) atoms. The standard InChI is InChI=1S/C20H19N3O6S/c21-30(26,27)16-9-7-14(8-10-16)23-19(24)13-29-20(25)17-5-1-2-6-18(17)22-12-15-4-3-11-28-15/h1-11,22H,12-13H2,(H,23,24)(H2,21,26,27). The fraction of sp³-hybridized carbons (Fsp3) is 0.100. The molecule has 0 aliphatic heterocycles. The van der Waals surface area contributed by atoms with Gasteiger partial charge in [-0.15, -0.1) is 0 Å². The molecule has 9 nitrogen and oxygen atoms in total. The van der Waals surface area contributed by atoms with Gasteiger partial charge in [-0.1, -0.05) is 12.1 Å². The van der Waals surface area contributed by atoms with E-state index in [1.165, 1.54) is 24.3 Å². The summed E-state index contributed by atoms with van der Waals surface area (Å²) in [6.07, 6.45) is 1.55. The van der Waals surface area contributed by atoms with Crippen LogP contribution in [0.25, 0.3) is 0 Å². The van der Waals surface area contributed by atoms with Crippen LogP contribution in [0.1, 0.15) is 16.1 Å². The van der Waals surface area contributed by atoms with Crippen LogP contribution >= 0.6 is 0 Å². The average molecular weight is 429 g/mol. The number of para-hydroxylation sites is 1. The Morgan fingerprint density at radius 2 is 1.73 bits per heavy atom. The van der Waals surface area contributed by atoms with Crippen molar-refractivity contribution >= 4 is 33.3 Å². The number of furan rings is 1. The Hall–Kier alpha value is -3.63. The minimum atomic E-state index is -3.82. The number of carbonyl (C=O) groups is 2. The molecule has 0 radical (unpaired) electrons. The van der Waals surface area contributed by atoms with Crippen LogP contribution in [-0.2, 0) is 26.1 Å². The van der Waals surface area contributed by atoms with Gasteiger partial charge >= 0.3 is 5.97 Å². The zero-order valence-corrected chi connectivity index (χ0v) is 16.5. The first-order chi connectivity index (χ1) is 14.3. The Morgan fingerprint density at radius 1 is 1.00 bits per heavy atom. The van der Waals surface area contributed by atoms with Crippen molar-refractivity contribution in [2.24, 2.45) is 5.14 Å². The minimum absolute atomic E-state index is 0.0782. The van der Waals surface area contributed by atoms with Gasteiger partial charge in [0.25, 0.3) is 5.91 Å². The van der Waals surface area contributed by atoms with Gasteiger partial charge in [-0.05, 0) is 48.5 Å². The van der Waals surface area contributed by atoms with Crippen LogP contribution in [0.5, 0.6) is 0 Å². The van der Waals surface area contributed by atoms with Crippen LogP contribution < -0.4 is 15.8 Å². The molecule has 1 aromatic heterocycles. The first kappa shape index (κ1) is 21.1. The highest BCUT2D eigenvalue weighted by Crippen LogP contribution is 2.18. The molecule has 0 saturated carbocycles. The monoisotopic (exact) mass is 429 g/mol. The smallest absolute Gasteiger partial charge is 0.340 e. The summed E-state index contributed by atoms with van der Waals surface area (Å²) >= 11 is 0. The number of carbonyl (C=O) groups excluding carboxylic acids is 2. The summed E-state index contributed by atoms with van der Waals surface area (Å²) in [7, 11) is -3.82. The number of rotatable bonds is 8. The lowest BCUT2D eigenvalue weighted by molar-refractivity contribution is -0.119. The Bertz CT molecular complexity index is 1130. The summed E-state index contributed by atoms with van der Waals surface area (Å²) in [5.74, 6) is -0.545. The van der Waals surface area contributed by atoms with Crippen molar-refractivity contribution < 1.29 is 27.2 Å². The number of esters is 1. The van der Waals surface area contributed by atoms with E-state index in [9.17, 15) is 18.0 Å². The van der Waals surface area contributed by atoms with E-state index in [0.29, 0.717) is 23.7 Å². The Kier molecular flexibility index (Phi) is 6.50. The van der Waals surface area contributed by atoms with Crippen LogP contribution in [0.15, 0.2) is 76.2 Å². The van der Waals surface area contributed by atoms with Gasteiger partial charge in [0.05, 0.1) is 23.3 Å². The topological polar surface area (TPSA) is 141 Å². The lowest BCUT2D eigenvalue weighted by atomic mass is 10.2. The number of nitrogens with two attached hydrogens (primary N) is 1. The molecule has 4 N–H and O–H groups in total. The number of benzene rings is 2. The van der Waals surface area contributed by atoms with E-state index in [0.717, 1.165) is 0 Å². The van der Waals surface area contributed by atoms with Gasteiger partial charge in [0, 0.05) is 11.4 Å². The lowest BCUT2D eigenvalue weighted by Gasteiger charge is -2.11. The second kappa shape index (κ2) is 9.25. The predicted molar refractivity (Wildman–Crippen MR) is 109 cm³/mol. The molecule has 0 atom stereocenters. The first-order valence-electron chi connectivity index (χ1n) is 8.78. The van der Waals surface area contributed by atoms with E-state index in [4.69, 9.17) is 14.3 Å². The van der Waals surface area contributed by atoms with Gasteiger partial charge in [-0.2, -0.15) is 0 Å². The van der Waals surface area contributed by atoms with Crippen molar-refractivity contribution in [1.82, 2.24) is 0 Å². The normalized spacial score (nSPS) is 11.0. The molecule has 3 aromatic rings. The molecule has 0 fully saturated rings. The molecule has 2 aromatic carbocycles. The maximum absolute atomic E-state index is 12.4. The molecule has 0 aliphatic carbocycles. The summed E-state index contributed by atoms with van der Waals surface area (Å²) in [6, 6.07) is 15.6. The highest BCUT2D eigenvalue weighted by molar-refractivity contribution is 7.89. The van der Waals surface area contributed by atoms with Crippen molar-refractivity contribution in [2.45, 2.75) is 11.4 Å². The Morgan fingerprint density at radius 3 is 2.40 bits per heavy atom. The summed E-state index contributed by atoms with van der Waals surface area (Å²) in [5.41, 5.74) is 1.15. The molecule has 0 unspecified atom stereocenters. The van der Waals surface area contributed by atoms with E-state index in [1.807, 2.05) is 0 Å². The molecular weight excluding hydrogens is 410 g/mol. The van der Waals surface area contributed by atoms with Gasteiger partial charge in [0.15, 0.2) is 6.61 Å². The molecule has 3 rings (SSSR count). The van der Waals surface area contributed by atoms with Crippen LogP contribution in [0.4, 0.5) is 11.4 Å². The van der Waals surface area contributed by atoms with E-state index >= 15 is 0 Å². The largest absolute Gasteiger partial charge is 0.467 e. The van der Waals surface area contributed by atoms with Crippen molar-refractivity contribution in [3.05, 3.63) is 78.3 Å². The lowest BCUT2D eigenvalue weighted by Crippen LogP contribution is -2.21. The zero-order valence-electron chi connectivity index (χ0n) is 15.7. The number of hydrogen-bond acceptors (Lipinski definition) is 7. The molecule has 10 heteroatoms. The van der Waals surface area contributed by atoms with Gasteiger partial charge in [-0.3, -0.25) is 4.79 Å². The third kappa shape index (κ3) is 5.69. The minimum Gasteiger partial charge on any atom is -0.467 e. The van der Waals surface area contributed by atoms with Crippen molar-refractivity contribution in [1.29, 1.82) is 0 Å². The summed E-state index contributed by atoms with van der Waals surface area (Å²) in [4.78, 5) is 24.4. The predicted octanol–water partition coefficient (Wildman–Crippen LogP) is 2.33. The maximum atomic E-state index is 12.4. The number of sulfonamides is 1. The molecule has 1 amide bonds. The molecule has 1 heterocycles. The maximum Gasteiger partial charge on any atom is 0.340 e. The number of hydrogen-bond donors (Lipinski definition) is 3. The number of nitrogens with one attached hydrogen (secondary N) is 2. The number of amides is 1. The summed E-state index contributed by atoms with van der Waals surface area (Å²) < 4.78 is 32.8. The fourth-order valence-corrected chi connectivity index (χ4v) is 3.06. The molecule has 0 aliphatic rings. The van der Waals surface area contributed by atoms with Crippen LogP contribution in [-0.4, -0.2) is 26.9 Å². The third-order valence-electron chi connectivity index (χ3n) is 3.98.